The molecule has 2 heterocycles. The van der Waals surface area contributed by atoms with Crippen LogP contribution in [0.1, 0.15) is 40.9 Å². The van der Waals surface area contributed by atoms with E-state index in [0.29, 0.717) is 22.9 Å². The Morgan fingerprint density at radius 2 is 2.04 bits per heavy atom. The minimum absolute atomic E-state index is 0.134. The molecule has 23 heavy (non-hydrogen) atoms. The van der Waals surface area contributed by atoms with E-state index in [1.807, 2.05) is 18.2 Å². The Labute approximate surface area is 138 Å². The second-order valence-electron chi connectivity index (χ2n) is 5.61. The highest BCUT2D eigenvalue weighted by atomic mass is 32.2. The number of ketones is 1. The number of benzene rings is 1. The lowest BCUT2D eigenvalue weighted by molar-refractivity contribution is 0.0962. The quantitative estimate of drug-likeness (QED) is 0.693. The second kappa shape index (κ2) is 5.77. The maximum atomic E-state index is 12.5. The van der Waals surface area contributed by atoms with Crippen LogP contribution < -0.4 is 0 Å². The molecule has 0 saturated carbocycles. The normalized spacial score (nSPS) is 17.4. The highest BCUT2D eigenvalue weighted by Crippen LogP contribution is 2.31. The van der Waals surface area contributed by atoms with Crippen LogP contribution in [0.5, 0.6) is 0 Å². The minimum Gasteiger partial charge on any atom is -0.294 e. The highest BCUT2D eigenvalue weighted by Gasteiger charge is 2.28. The smallest absolute Gasteiger partial charge is 0.253 e. The van der Waals surface area contributed by atoms with Crippen LogP contribution >= 0.6 is 11.8 Å². The number of Topliss-reactive ketones (excluding diaryl/α,β-unsaturated/α-hetero) is 1. The summed E-state index contributed by atoms with van der Waals surface area (Å²) in [4.78, 5) is 21.6. The van der Waals surface area contributed by atoms with E-state index < -0.39 is 0 Å². The van der Waals surface area contributed by atoms with Crippen LogP contribution in [0.15, 0.2) is 41.7 Å². The van der Waals surface area contributed by atoms with Crippen LogP contribution in [0.25, 0.3) is 5.78 Å². The van der Waals surface area contributed by atoms with Crippen LogP contribution in [0.4, 0.5) is 0 Å². The fourth-order valence-electron chi connectivity index (χ4n) is 3.02. The van der Waals surface area contributed by atoms with Crippen molar-refractivity contribution in [2.45, 2.75) is 30.8 Å². The molecule has 116 valence electrons. The van der Waals surface area contributed by atoms with Gasteiger partial charge in [-0.25, -0.2) is 9.50 Å². The number of carbonyl (C=O) groups excluding carboxylic acids is 1. The molecule has 0 amide bonds. The van der Waals surface area contributed by atoms with Crippen molar-refractivity contribution in [3.05, 3.63) is 53.3 Å². The molecule has 5 nitrogen and oxygen atoms in total. The molecular weight excluding hydrogens is 308 g/mol. The molecule has 0 bridgehead atoms. The van der Waals surface area contributed by atoms with Gasteiger partial charge in [-0.3, -0.25) is 4.79 Å². The van der Waals surface area contributed by atoms with E-state index in [2.05, 4.69) is 34.1 Å². The highest BCUT2D eigenvalue weighted by molar-refractivity contribution is 7.99. The summed E-state index contributed by atoms with van der Waals surface area (Å²) in [5.74, 6) is 1.81. The van der Waals surface area contributed by atoms with Crippen molar-refractivity contribution in [1.29, 1.82) is 0 Å². The van der Waals surface area contributed by atoms with Gasteiger partial charge in [-0.1, -0.05) is 49.0 Å². The third kappa shape index (κ3) is 2.63. The molecule has 2 aromatic heterocycles. The predicted molar refractivity (Wildman–Crippen MR) is 89.0 cm³/mol. The summed E-state index contributed by atoms with van der Waals surface area (Å²) >= 11 is 1.57. The van der Waals surface area contributed by atoms with Crippen molar-refractivity contribution in [2.24, 2.45) is 0 Å². The molecule has 1 unspecified atom stereocenters. The standard InChI is InChI=1S/C17H16N4OS/c1-2-23-17-19-16-18-14-8-12(11-6-4-3-5-7-11)9-15(22)13(14)10-21(16)20-17/h3-7,10,12H,2,8-9H2,1H3. The van der Waals surface area contributed by atoms with Crippen molar-refractivity contribution in [1.82, 2.24) is 19.6 Å². The Hall–Kier alpha value is -2.21. The summed E-state index contributed by atoms with van der Waals surface area (Å²) in [6.07, 6.45) is 3.08. The Kier molecular flexibility index (Phi) is 3.61. The fourth-order valence-corrected chi connectivity index (χ4v) is 3.57. The summed E-state index contributed by atoms with van der Waals surface area (Å²) in [6, 6.07) is 10.2. The van der Waals surface area contributed by atoms with Crippen molar-refractivity contribution in [3.8, 4) is 0 Å². The molecule has 0 aliphatic heterocycles. The number of rotatable bonds is 3. The molecule has 0 fully saturated rings. The molecule has 6 heteroatoms. The molecule has 3 aromatic rings. The third-order valence-electron chi connectivity index (χ3n) is 4.11. The van der Waals surface area contributed by atoms with Crippen molar-refractivity contribution in [3.63, 3.8) is 0 Å². The van der Waals surface area contributed by atoms with Crippen LogP contribution in [0.2, 0.25) is 0 Å². The van der Waals surface area contributed by atoms with Gasteiger partial charge < -0.3 is 0 Å². The van der Waals surface area contributed by atoms with Gasteiger partial charge in [0.05, 0.1) is 11.3 Å². The predicted octanol–water partition coefficient (Wildman–Crippen LogP) is 3.15. The molecule has 0 N–H and O–H groups in total. The zero-order chi connectivity index (χ0) is 15.8. The molecule has 1 aliphatic rings. The molecule has 1 aromatic carbocycles. The first-order chi connectivity index (χ1) is 11.2. The Morgan fingerprint density at radius 3 is 2.83 bits per heavy atom. The van der Waals surface area contributed by atoms with E-state index in [4.69, 9.17) is 0 Å². The van der Waals surface area contributed by atoms with E-state index in [1.54, 1.807) is 22.5 Å². The zero-order valence-electron chi connectivity index (χ0n) is 12.8. The number of hydrogen-bond donors (Lipinski definition) is 0. The SMILES string of the molecule is CCSc1nc2nc3c(cn2n1)C(=O)CC(c1ccccc1)C3. The molecule has 4 rings (SSSR count). The van der Waals surface area contributed by atoms with E-state index in [0.717, 1.165) is 17.9 Å². The molecule has 1 aliphatic carbocycles. The van der Waals surface area contributed by atoms with Crippen molar-refractivity contribution >= 4 is 23.3 Å². The van der Waals surface area contributed by atoms with E-state index in [1.165, 1.54) is 5.56 Å². The fraction of sp³-hybridized carbons (Fsp3) is 0.294. The van der Waals surface area contributed by atoms with Gasteiger partial charge in [0.1, 0.15) is 0 Å². The van der Waals surface area contributed by atoms with Crippen LogP contribution in [-0.2, 0) is 6.42 Å². The van der Waals surface area contributed by atoms with Gasteiger partial charge in [0, 0.05) is 12.6 Å². The number of thioether (sulfide) groups is 1. The summed E-state index contributed by atoms with van der Waals surface area (Å²) < 4.78 is 1.62. The Bertz CT molecular complexity index is 875. The summed E-state index contributed by atoms with van der Waals surface area (Å²) in [7, 11) is 0. The molecule has 1 atom stereocenters. The van der Waals surface area contributed by atoms with Crippen molar-refractivity contribution in [2.75, 3.05) is 5.75 Å². The first-order valence-corrected chi connectivity index (χ1v) is 8.70. The van der Waals surface area contributed by atoms with Gasteiger partial charge in [-0.15, -0.1) is 5.10 Å². The third-order valence-corrected chi connectivity index (χ3v) is 4.83. The lowest BCUT2D eigenvalue weighted by Crippen LogP contribution is -2.21. The minimum atomic E-state index is 0.134. The number of aromatic nitrogens is 4. The van der Waals surface area contributed by atoms with Crippen LogP contribution in [-0.4, -0.2) is 31.1 Å². The molecular formula is C17H16N4OS. The number of carbonyl (C=O) groups is 1. The summed E-state index contributed by atoms with van der Waals surface area (Å²) in [6.45, 7) is 2.06. The van der Waals surface area contributed by atoms with E-state index in [9.17, 15) is 4.79 Å². The molecule has 0 saturated heterocycles. The Balaban J connectivity index is 1.74. The maximum Gasteiger partial charge on any atom is 0.253 e. The number of nitrogens with zero attached hydrogens (tertiary/aromatic N) is 4. The van der Waals surface area contributed by atoms with Crippen LogP contribution in [0, 0.1) is 0 Å². The largest absolute Gasteiger partial charge is 0.294 e. The van der Waals surface area contributed by atoms with Gasteiger partial charge in [0.15, 0.2) is 5.78 Å². The maximum absolute atomic E-state index is 12.5. The number of hydrogen-bond acceptors (Lipinski definition) is 5. The van der Waals surface area contributed by atoms with Gasteiger partial charge in [-0.05, 0) is 23.7 Å². The second-order valence-corrected chi connectivity index (χ2v) is 6.84. The average molecular weight is 324 g/mol. The summed E-state index contributed by atoms with van der Waals surface area (Å²) in [5, 5.41) is 5.08. The lowest BCUT2D eigenvalue weighted by Gasteiger charge is -2.22. The number of fused-ring (bicyclic) bond motifs is 2. The van der Waals surface area contributed by atoms with Gasteiger partial charge in [-0.2, -0.15) is 4.98 Å². The van der Waals surface area contributed by atoms with Gasteiger partial charge >= 0.3 is 0 Å². The summed E-state index contributed by atoms with van der Waals surface area (Å²) in [5.41, 5.74) is 2.71. The topological polar surface area (TPSA) is 60.1 Å². The zero-order valence-corrected chi connectivity index (χ0v) is 13.6. The molecule has 0 radical (unpaired) electrons. The monoisotopic (exact) mass is 324 g/mol. The van der Waals surface area contributed by atoms with Gasteiger partial charge in [0.25, 0.3) is 5.78 Å². The van der Waals surface area contributed by atoms with Crippen molar-refractivity contribution < 1.29 is 4.79 Å². The average Bonchev–Trinajstić information content (AvgIpc) is 2.95. The first kappa shape index (κ1) is 14.4. The Morgan fingerprint density at radius 1 is 1.22 bits per heavy atom. The van der Waals surface area contributed by atoms with Crippen LogP contribution in [0.3, 0.4) is 0 Å². The van der Waals surface area contributed by atoms with E-state index in [-0.39, 0.29) is 11.7 Å². The van der Waals surface area contributed by atoms with Gasteiger partial charge in [0.2, 0.25) is 5.16 Å². The van der Waals surface area contributed by atoms with E-state index >= 15 is 0 Å². The first-order valence-electron chi connectivity index (χ1n) is 7.72. The lowest BCUT2D eigenvalue weighted by atomic mass is 9.82. The molecule has 0 spiro atoms.